The highest BCUT2D eigenvalue weighted by atomic mass is 16.3. The topological polar surface area (TPSA) is 49.3 Å². The smallest absolute Gasteiger partial charge is 0.161 e. The number of rotatable bonds is 2. The van der Waals surface area contributed by atoms with Gasteiger partial charge in [-0.2, -0.15) is 0 Å². The number of nitrogens with one attached hydrogen (secondary N) is 1. The first-order valence-corrected chi connectivity index (χ1v) is 11.6. The van der Waals surface area contributed by atoms with Crippen LogP contribution in [0.25, 0.3) is 0 Å². The Hall–Kier alpha value is -0.670. The maximum atomic E-state index is 12.7. The van der Waals surface area contributed by atoms with Crippen molar-refractivity contribution >= 4 is 5.78 Å². The number of carbonyl (C=O) groups is 1. The highest BCUT2D eigenvalue weighted by molar-refractivity contribution is 5.96. The van der Waals surface area contributed by atoms with E-state index in [0.29, 0.717) is 35.0 Å². The minimum atomic E-state index is -0.219. The van der Waals surface area contributed by atoms with Crippen molar-refractivity contribution in [3.63, 3.8) is 0 Å². The molecule has 5 aliphatic rings. The van der Waals surface area contributed by atoms with Crippen molar-refractivity contribution in [3.05, 3.63) is 12.2 Å². The summed E-state index contributed by atoms with van der Waals surface area (Å²) in [7, 11) is 2.04. The van der Waals surface area contributed by atoms with Gasteiger partial charge in [-0.1, -0.05) is 33.8 Å². The molecular formula is C25H39NO2. The lowest BCUT2D eigenvalue weighted by Gasteiger charge is -2.61. The van der Waals surface area contributed by atoms with Gasteiger partial charge in [-0.25, -0.2) is 0 Å². The van der Waals surface area contributed by atoms with Crippen molar-refractivity contribution < 1.29 is 9.90 Å². The number of allylic oxidation sites excluding steroid dienone is 2. The molecule has 28 heavy (non-hydrogen) atoms. The fourth-order valence-corrected chi connectivity index (χ4v) is 9.78. The SMILES string of the molecule is CN[C@@H](C)[C@H]1[C@H](O)C[C@@]2(C)[C@@H]3CC[C@H]4C(C)(C)C(=O)C=C[C@]45C[C@@]35CC[C@]12C. The van der Waals surface area contributed by atoms with Gasteiger partial charge in [-0.3, -0.25) is 4.79 Å². The van der Waals surface area contributed by atoms with Gasteiger partial charge < -0.3 is 10.4 Å². The molecule has 0 aliphatic heterocycles. The van der Waals surface area contributed by atoms with E-state index in [1.54, 1.807) is 0 Å². The van der Waals surface area contributed by atoms with Crippen LogP contribution in [-0.4, -0.2) is 30.1 Å². The standard InChI is InChI=1S/C25H39NO2/c1-15(26-6)20-16(27)13-23(5)18-8-7-17-21(2,3)19(28)9-10-24(17)14-25(18,24)12-11-22(20,23)4/h9-10,15-18,20,26-27H,7-8,11-14H2,1-6H3/t15-,16+,17-,18-,20-,22+,23-,24-,25-/m0/s1. The Labute approximate surface area is 170 Å². The van der Waals surface area contributed by atoms with E-state index in [2.05, 4.69) is 46.0 Å². The van der Waals surface area contributed by atoms with Gasteiger partial charge in [0.25, 0.3) is 0 Å². The number of hydrogen-bond donors (Lipinski definition) is 2. The zero-order chi connectivity index (χ0) is 20.3. The maximum absolute atomic E-state index is 12.7. The van der Waals surface area contributed by atoms with Gasteiger partial charge in [0.05, 0.1) is 6.10 Å². The van der Waals surface area contributed by atoms with Gasteiger partial charge >= 0.3 is 0 Å². The lowest BCUT2D eigenvalue weighted by atomic mass is 9.42. The minimum Gasteiger partial charge on any atom is -0.393 e. The highest BCUT2D eigenvalue weighted by Gasteiger charge is 2.82. The summed E-state index contributed by atoms with van der Waals surface area (Å²) < 4.78 is 0. The summed E-state index contributed by atoms with van der Waals surface area (Å²) in [4.78, 5) is 12.7. The predicted molar refractivity (Wildman–Crippen MR) is 112 cm³/mol. The van der Waals surface area contributed by atoms with Crippen LogP contribution < -0.4 is 5.32 Å². The minimum absolute atomic E-state index is 0.186. The molecule has 0 aromatic rings. The molecule has 2 N–H and O–H groups in total. The molecule has 4 fully saturated rings. The van der Waals surface area contributed by atoms with Crippen LogP contribution in [0.1, 0.15) is 73.1 Å². The van der Waals surface area contributed by atoms with Crippen LogP contribution in [0.2, 0.25) is 0 Å². The summed E-state index contributed by atoms with van der Waals surface area (Å²) in [6.07, 6.45) is 11.2. The van der Waals surface area contributed by atoms with Crippen LogP contribution in [-0.2, 0) is 4.79 Å². The molecule has 2 spiro atoms. The summed E-state index contributed by atoms with van der Waals surface area (Å²) in [6, 6.07) is 0.339. The van der Waals surface area contributed by atoms with Crippen molar-refractivity contribution in [1.82, 2.24) is 5.32 Å². The second-order valence-electron chi connectivity index (χ2n) is 12.2. The molecule has 0 aromatic heterocycles. The summed E-state index contributed by atoms with van der Waals surface area (Å²) in [5.41, 5.74) is 0.772. The van der Waals surface area contributed by atoms with Gasteiger partial charge in [-0.05, 0) is 92.1 Å². The third-order valence-electron chi connectivity index (χ3n) is 11.4. The van der Waals surface area contributed by atoms with E-state index in [4.69, 9.17) is 0 Å². The van der Waals surface area contributed by atoms with E-state index in [1.165, 1.54) is 32.1 Å². The van der Waals surface area contributed by atoms with E-state index in [-0.39, 0.29) is 27.8 Å². The van der Waals surface area contributed by atoms with Crippen LogP contribution >= 0.6 is 0 Å². The Bertz CT molecular complexity index is 758. The third kappa shape index (κ3) is 1.84. The molecule has 3 nitrogen and oxygen atoms in total. The fourth-order valence-electron chi connectivity index (χ4n) is 9.78. The lowest BCUT2D eigenvalue weighted by molar-refractivity contribution is -0.140. The summed E-state index contributed by atoms with van der Waals surface area (Å²) >= 11 is 0. The first-order chi connectivity index (χ1) is 13.0. The maximum Gasteiger partial charge on any atom is 0.161 e. The molecule has 0 radical (unpaired) electrons. The first kappa shape index (κ1) is 19.3. The third-order valence-corrected chi connectivity index (χ3v) is 11.4. The molecular weight excluding hydrogens is 346 g/mol. The molecule has 0 saturated heterocycles. The number of fused-ring (bicyclic) bond motifs is 2. The molecule has 0 unspecified atom stereocenters. The zero-order valence-electron chi connectivity index (χ0n) is 18.6. The summed E-state index contributed by atoms with van der Waals surface area (Å²) in [5, 5.41) is 14.6. The number of aliphatic hydroxyl groups is 1. The van der Waals surface area contributed by atoms with Gasteiger partial charge in [0.2, 0.25) is 0 Å². The molecule has 0 aromatic carbocycles. The Morgan fingerprint density at radius 2 is 1.79 bits per heavy atom. The van der Waals surface area contributed by atoms with E-state index in [1.807, 2.05) is 13.1 Å². The largest absolute Gasteiger partial charge is 0.393 e. The van der Waals surface area contributed by atoms with Crippen LogP contribution in [0, 0.1) is 44.8 Å². The summed E-state index contributed by atoms with van der Waals surface area (Å²) in [6.45, 7) is 11.6. The highest BCUT2D eigenvalue weighted by Crippen LogP contribution is 2.87. The first-order valence-electron chi connectivity index (χ1n) is 11.6. The molecule has 5 aliphatic carbocycles. The normalized spacial score (nSPS) is 57.0. The molecule has 0 amide bonds. The predicted octanol–water partition coefficient (Wildman–Crippen LogP) is 4.35. The van der Waals surface area contributed by atoms with Crippen molar-refractivity contribution in [3.8, 4) is 0 Å². The van der Waals surface area contributed by atoms with Crippen LogP contribution in [0.3, 0.4) is 0 Å². The Morgan fingerprint density at radius 3 is 2.46 bits per heavy atom. The monoisotopic (exact) mass is 385 g/mol. The van der Waals surface area contributed by atoms with Crippen LogP contribution in [0.4, 0.5) is 0 Å². The molecule has 4 saturated carbocycles. The average molecular weight is 386 g/mol. The molecule has 156 valence electrons. The zero-order valence-corrected chi connectivity index (χ0v) is 18.6. The number of hydrogen-bond acceptors (Lipinski definition) is 3. The van der Waals surface area contributed by atoms with E-state index >= 15 is 0 Å². The lowest BCUT2D eigenvalue weighted by Crippen LogP contribution is -2.57. The Kier molecular flexibility index (Phi) is 3.67. The second kappa shape index (κ2) is 5.32. The molecule has 5 rings (SSSR count). The van der Waals surface area contributed by atoms with E-state index in [9.17, 15) is 9.90 Å². The second-order valence-corrected chi connectivity index (χ2v) is 12.2. The number of ketones is 1. The molecule has 3 heteroatoms. The molecule has 0 bridgehead atoms. The fraction of sp³-hybridized carbons (Fsp3) is 0.880. The van der Waals surface area contributed by atoms with E-state index < -0.39 is 0 Å². The van der Waals surface area contributed by atoms with Crippen molar-refractivity contribution in [2.75, 3.05) is 7.05 Å². The quantitative estimate of drug-likeness (QED) is 0.743. The van der Waals surface area contributed by atoms with Gasteiger partial charge in [-0.15, -0.1) is 0 Å². The van der Waals surface area contributed by atoms with E-state index in [0.717, 1.165) is 6.42 Å². The summed E-state index contributed by atoms with van der Waals surface area (Å²) in [5.74, 6) is 1.83. The number of aliphatic hydroxyl groups excluding tert-OH is 1. The Morgan fingerprint density at radius 1 is 1.11 bits per heavy atom. The van der Waals surface area contributed by atoms with Crippen molar-refractivity contribution in [2.45, 2.75) is 85.3 Å². The number of carbonyl (C=O) groups excluding carboxylic acids is 1. The van der Waals surface area contributed by atoms with Crippen molar-refractivity contribution in [2.24, 2.45) is 44.8 Å². The van der Waals surface area contributed by atoms with Crippen LogP contribution in [0.15, 0.2) is 12.2 Å². The van der Waals surface area contributed by atoms with Gasteiger partial charge in [0, 0.05) is 17.4 Å². The van der Waals surface area contributed by atoms with Gasteiger partial charge in [0.15, 0.2) is 5.78 Å². The van der Waals surface area contributed by atoms with Gasteiger partial charge in [0.1, 0.15) is 0 Å². The molecule has 0 heterocycles. The Balaban J connectivity index is 1.57. The average Bonchev–Trinajstić information content (AvgIpc) is 3.24. The van der Waals surface area contributed by atoms with Crippen molar-refractivity contribution in [1.29, 1.82) is 0 Å². The van der Waals surface area contributed by atoms with Crippen LogP contribution in [0.5, 0.6) is 0 Å². The molecule has 9 atom stereocenters.